The van der Waals surface area contributed by atoms with E-state index in [9.17, 15) is 27.9 Å². The maximum atomic E-state index is 12.8. The first kappa shape index (κ1) is 34.4. The first-order valence-corrected chi connectivity index (χ1v) is 16.0. The van der Waals surface area contributed by atoms with Gasteiger partial charge in [0.05, 0.1) is 34.0 Å². The van der Waals surface area contributed by atoms with Crippen LogP contribution in [-0.2, 0) is 32.3 Å². The molecule has 3 aromatic carbocycles. The van der Waals surface area contributed by atoms with Crippen LogP contribution in [-0.4, -0.2) is 54.5 Å². The van der Waals surface area contributed by atoms with Gasteiger partial charge < -0.3 is 25.5 Å². The first-order valence-electron chi connectivity index (χ1n) is 14.5. The van der Waals surface area contributed by atoms with Gasteiger partial charge in [-0.3, -0.25) is 10.1 Å². The molecule has 1 heterocycles. The number of carbonyl (C=O) groups excluding carboxylic acids is 1. The Labute approximate surface area is 272 Å². The Hall–Kier alpha value is -4.46. The van der Waals surface area contributed by atoms with Crippen LogP contribution in [0.25, 0.3) is 10.9 Å². The van der Waals surface area contributed by atoms with Gasteiger partial charge in [-0.1, -0.05) is 12.1 Å². The minimum absolute atomic E-state index is 0. The summed E-state index contributed by atoms with van der Waals surface area (Å²) in [5.41, 5.74) is 4.78. The molecule has 1 saturated carbocycles. The summed E-state index contributed by atoms with van der Waals surface area (Å²) in [5, 5.41) is 18.7. The number of aliphatic carboxylic acids is 1. The van der Waals surface area contributed by atoms with E-state index in [2.05, 4.69) is 25.9 Å². The molecule has 0 saturated heterocycles. The van der Waals surface area contributed by atoms with Crippen molar-refractivity contribution in [3.05, 3.63) is 93.0 Å². The van der Waals surface area contributed by atoms with E-state index < -0.39 is 27.9 Å². The fourth-order valence-electron chi connectivity index (χ4n) is 5.42. The second-order valence-electron chi connectivity index (χ2n) is 11.1. The normalized spacial score (nSPS) is 13.5. The highest BCUT2D eigenvalue weighted by Gasteiger charge is 2.38. The van der Waals surface area contributed by atoms with Gasteiger partial charge in [0.25, 0.3) is 5.56 Å². The average molecular weight is 670 g/mol. The number of rotatable bonds is 12. The minimum Gasteiger partial charge on any atom is -0.479 e. The number of benzene rings is 3. The van der Waals surface area contributed by atoms with Crippen LogP contribution in [0.5, 0.6) is 0 Å². The fourth-order valence-corrected chi connectivity index (χ4v) is 7.29. The van der Waals surface area contributed by atoms with Gasteiger partial charge in [-0.05, 0) is 98.0 Å². The molecule has 5 rings (SSSR count). The number of aromatic amines is 1. The van der Waals surface area contributed by atoms with Crippen molar-refractivity contribution in [1.29, 1.82) is 0 Å². The topological polar surface area (TPSA) is 180 Å². The van der Waals surface area contributed by atoms with E-state index in [1.54, 1.807) is 49.5 Å². The lowest BCUT2D eigenvalue weighted by Crippen LogP contribution is -2.21. The number of ether oxygens (including phenoxy) is 1. The maximum Gasteiger partial charge on any atom is 0.411 e. The summed E-state index contributed by atoms with van der Waals surface area (Å²) in [6.45, 7) is 4.14. The third kappa shape index (κ3) is 7.66. The highest BCUT2D eigenvalue weighted by Crippen LogP contribution is 2.35. The van der Waals surface area contributed by atoms with E-state index in [-0.39, 0.29) is 34.7 Å². The number of halogens is 1. The van der Waals surface area contributed by atoms with Crippen molar-refractivity contribution in [3.63, 3.8) is 0 Å². The number of carboxylic acids is 1. The van der Waals surface area contributed by atoms with Crippen molar-refractivity contribution in [2.24, 2.45) is 0 Å². The molecule has 1 amide bonds. The van der Waals surface area contributed by atoms with E-state index in [4.69, 9.17) is 4.74 Å². The summed E-state index contributed by atoms with van der Waals surface area (Å²) in [6, 6.07) is 12.1. The zero-order valence-electron chi connectivity index (χ0n) is 25.5. The second-order valence-corrected chi connectivity index (χ2v) is 13.3. The number of H-pyrrole nitrogens is 1. The van der Waals surface area contributed by atoms with Gasteiger partial charge in [-0.2, -0.15) is 0 Å². The number of nitrogens with one attached hydrogen (secondary N) is 4. The smallest absolute Gasteiger partial charge is 0.411 e. The maximum absolute atomic E-state index is 12.8. The van der Waals surface area contributed by atoms with E-state index >= 15 is 0 Å². The molecule has 0 spiro atoms. The lowest BCUT2D eigenvalue weighted by molar-refractivity contribution is -0.138. The molecule has 0 aliphatic heterocycles. The fraction of sp³-hybridized carbons (Fsp3) is 0.312. The highest BCUT2D eigenvalue weighted by molar-refractivity contribution is 7.92. The van der Waals surface area contributed by atoms with Crippen LogP contribution >= 0.6 is 12.4 Å². The number of fused-ring (bicyclic) bond motifs is 1. The van der Waals surface area contributed by atoms with Crippen molar-refractivity contribution in [3.8, 4) is 0 Å². The molecule has 244 valence electrons. The molecule has 46 heavy (non-hydrogen) atoms. The SMILES string of the molecule is CNCc1cc(NC(=O)OCCc2c(C)cc(C(Nc3ccc4nc[nH]c(=O)c4c3)C(=O)O)cc2C)ccc1S(=O)(=O)C1CC1.Cl. The second kappa shape index (κ2) is 14.3. The van der Waals surface area contributed by atoms with Gasteiger partial charge >= 0.3 is 12.1 Å². The monoisotopic (exact) mass is 669 g/mol. The van der Waals surface area contributed by atoms with E-state index in [1.165, 1.54) is 12.4 Å². The zero-order chi connectivity index (χ0) is 32.3. The number of nitrogens with zero attached hydrogens (tertiary/aromatic N) is 1. The molecule has 1 aliphatic carbocycles. The Morgan fingerprint density at radius 3 is 2.41 bits per heavy atom. The third-order valence-corrected chi connectivity index (χ3v) is 10.1. The van der Waals surface area contributed by atoms with Crippen LogP contribution in [0.4, 0.5) is 16.2 Å². The molecular formula is C32H36ClN5O7S. The van der Waals surface area contributed by atoms with E-state index in [1.807, 2.05) is 13.8 Å². The number of aromatic nitrogens is 2. The van der Waals surface area contributed by atoms with Crippen molar-refractivity contribution in [1.82, 2.24) is 15.3 Å². The largest absolute Gasteiger partial charge is 0.479 e. The van der Waals surface area contributed by atoms with Crippen LogP contribution in [0.1, 0.15) is 46.7 Å². The van der Waals surface area contributed by atoms with Crippen molar-refractivity contribution >= 4 is 56.6 Å². The van der Waals surface area contributed by atoms with E-state index in [0.29, 0.717) is 59.2 Å². The van der Waals surface area contributed by atoms with Crippen LogP contribution in [0, 0.1) is 13.8 Å². The molecule has 5 N–H and O–H groups in total. The van der Waals surface area contributed by atoms with Crippen LogP contribution in [0.15, 0.2) is 64.5 Å². The van der Waals surface area contributed by atoms with Crippen molar-refractivity contribution in [2.75, 3.05) is 24.3 Å². The summed E-state index contributed by atoms with van der Waals surface area (Å²) in [4.78, 5) is 43.9. The Morgan fingerprint density at radius 1 is 1.07 bits per heavy atom. The number of anilines is 2. The molecule has 14 heteroatoms. The Bertz CT molecular complexity index is 1920. The number of carboxylic acid groups (broad SMARTS) is 1. The minimum atomic E-state index is -3.39. The molecule has 1 fully saturated rings. The van der Waals surface area contributed by atoms with Gasteiger partial charge in [-0.15, -0.1) is 12.4 Å². The first-order chi connectivity index (χ1) is 21.5. The molecule has 1 aliphatic rings. The van der Waals surface area contributed by atoms with Gasteiger partial charge in [0, 0.05) is 24.3 Å². The predicted octanol–water partition coefficient (Wildman–Crippen LogP) is 4.65. The number of amides is 1. The average Bonchev–Trinajstić information content (AvgIpc) is 3.84. The summed E-state index contributed by atoms with van der Waals surface area (Å²) in [6.07, 6.45) is 2.38. The molecule has 0 radical (unpaired) electrons. The molecule has 4 aromatic rings. The molecule has 12 nitrogen and oxygen atoms in total. The quantitative estimate of drug-likeness (QED) is 0.143. The molecule has 1 aromatic heterocycles. The summed E-state index contributed by atoms with van der Waals surface area (Å²) in [7, 11) is -1.67. The summed E-state index contributed by atoms with van der Waals surface area (Å²) in [5.74, 6) is -1.09. The van der Waals surface area contributed by atoms with Crippen molar-refractivity contribution < 1.29 is 27.9 Å². The molecule has 1 unspecified atom stereocenters. The van der Waals surface area contributed by atoms with Crippen LogP contribution < -0.4 is 21.5 Å². The van der Waals surface area contributed by atoms with Gasteiger partial charge in [0.15, 0.2) is 15.9 Å². The van der Waals surface area contributed by atoms with Crippen molar-refractivity contribution in [2.45, 2.75) is 55.8 Å². The standard InChI is InChI=1S/C32H35N5O7S.ClH/c1-18-12-20(29(31(39)40)36-23-4-8-27-26(15-23)30(38)35-17-34-27)13-19(2)25(18)10-11-44-32(41)37-22-5-9-28(21(14-22)16-33-3)45(42,43)24-6-7-24;/h4-5,8-9,12-15,17,24,29,33,36H,6-7,10-11,16H2,1-3H3,(H,37,41)(H,39,40)(H,34,35,38);1H. The van der Waals surface area contributed by atoms with E-state index in [0.717, 1.165) is 16.7 Å². The zero-order valence-corrected chi connectivity index (χ0v) is 27.2. The highest BCUT2D eigenvalue weighted by atomic mass is 35.5. The lowest BCUT2D eigenvalue weighted by atomic mass is 9.94. The number of carbonyl (C=O) groups is 2. The summed E-state index contributed by atoms with van der Waals surface area (Å²) < 4.78 is 31.0. The molecule has 1 atom stereocenters. The number of sulfone groups is 1. The number of hydrogen-bond acceptors (Lipinski definition) is 9. The molecule has 0 bridgehead atoms. The lowest BCUT2D eigenvalue weighted by Gasteiger charge is -2.20. The van der Waals surface area contributed by atoms with Gasteiger partial charge in [0.1, 0.15) is 0 Å². The Morgan fingerprint density at radius 2 is 1.76 bits per heavy atom. The van der Waals surface area contributed by atoms with Gasteiger partial charge in [-0.25, -0.2) is 23.0 Å². The number of hydrogen-bond donors (Lipinski definition) is 5. The predicted molar refractivity (Wildman–Crippen MR) is 178 cm³/mol. The third-order valence-electron chi connectivity index (χ3n) is 7.78. The van der Waals surface area contributed by atoms with Crippen LogP contribution in [0.3, 0.4) is 0 Å². The Kier molecular flexibility index (Phi) is 10.7. The summed E-state index contributed by atoms with van der Waals surface area (Å²) >= 11 is 0. The molecular weight excluding hydrogens is 634 g/mol. The van der Waals surface area contributed by atoms with Crippen LogP contribution in [0.2, 0.25) is 0 Å². The number of aryl methyl sites for hydroxylation is 2. The Balaban J connectivity index is 0.00000480. The van der Waals surface area contributed by atoms with Gasteiger partial charge in [0.2, 0.25) is 0 Å².